The fraction of sp³-hybridized carbons (Fsp3) is 0.160. The maximum Gasteiger partial charge on any atom is 0.337 e. The molecule has 0 saturated carbocycles. The summed E-state index contributed by atoms with van der Waals surface area (Å²) in [6.07, 6.45) is 2.80. The largest absolute Gasteiger partial charge is 0.478 e. The van der Waals surface area contributed by atoms with E-state index in [2.05, 4.69) is 16.5 Å². The van der Waals surface area contributed by atoms with Crippen molar-refractivity contribution in [1.82, 2.24) is 9.61 Å². The molecule has 0 aliphatic rings. The lowest BCUT2D eigenvalue weighted by Crippen LogP contribution is -2.06. The highest BCUT2D eigenvalue weighted by Gasteiger charge is 2.22. The van der Waals surface area contributed by atoms with Gasteiger partial charge < -0.3 is 24.6 Å². The Hall–Kier alpha value is -4.39. The fourth-order valence-corrected chi connectivity index (χ4v) is 3.43. The molecule has 2 aromatic carbocycles. The van der Waals surface area contributed by atoms with Crippen LogP contribution in [0.1, 0.15) is 21.5 Å². The quantitative estimate of drug-likeness (QED) is 0.331. The number of fused-ring (bicyclic) bond motifs is 1. The molecule has 2 heterocycles. The molecule has 4 rings (SSSR count). The van der Waals surface area contributed by atoms with Crippen molar-refractivity contribution >= 4 is 22.9 Å². The number of rotatable bonds is 10. The number of carboxylic acid groups (broad SMARTS) is 1. The van der Waals surface area contributed by atoms with Gasteiger partial charge in [-0.1, -0.05) is 18.2 Å². The standard InChI is InChI=1S/C25H22N4O5/c1-32-11-12-33-16-22-21(25(30)31)15-29-24(22)23(17(13-26)14-27-29)28-18-7-9-20(10-8-18)34-19-5-3-2-4-6-19/h2-10,14-15,28H,11-12,16H2,1H3,(H,30,31). The number of carboxylic acids is 1. The van der Waals surface area contributed by atoms with Crippen molar-refractivity contribution in [2.24, 2.45) is 0 Å². The Labute approximate surface area is 195 Å². The van der Waals surface area contributed by atoms with E-state index in [0.717, 1.165) is 5.75 Å². The normalized spacial score (nSPS) is 10.7. The smallest absolute Gasteiger partial charge is 0.337 e. The Kier molecular flexibility index (Phi) is 7.03. The Balaban J connectivity index is 1.68. The molecule has 2 N–H and O–H groups in total. The van der Waals surface area contributed by atoms with Crippen LogP contribution in [0.5, 0.6) is 11.5 Å². The number of aromatic carboxylic acids is 1. The van der Waals surface area contributed by atoms with Gasteiger partial charge in [0.1, 0.15) is 17.6 Å². The van der Waals surface area contributed by atoms with Crippen molar-refractivity contribution in [3.63, 3.8) is 0 Å². The zero-order chi connectivity index (χ0) is 23.9. The van der Waals surface area contributed by atoms with E-state index < -0.39 is 5.97 Å². The van der Waals surface area contributed by atoms with E-state index in [0.29, 0.717) is 41.4 Å². The molecule has 2 aromatic heterocycles. The van der Waals surface area contributed by atoms with Crippen LogP contribution in [0.25, 0.3) is 5.52 Å². The molecule has 4 aromatic rings. The lowest BCUT2D eigenvalue weighted by Gasteiger charge is -2.13. The molecule has 9 nitrogen and oxygen atoms in total. The summed E-state index contributed by atoms with van der Waals surface area (Å²) < 4.78 is 17.9. The number of nitrogens with zero attached hydrogens (tertiary/aromatic N) is 3. The summed E-state index contributed by atoms with van der Waals surface area (Å²) in [5.74, 6) is 0.265. The van der Waals surface area contributed by atoms with E-state index in [1.54, 1.807) is 19.2 Å². The second kappa shape index (κ2) is 10.5. The van der Waals surface area contributed by atoms with Crippen LogP contribution in [0.3, 0.4) is 0 Å². The Morgan fingerprint density at radius 2 is 1.85 bits per heavy atom. The minimum absolute atomic E-state index is 0.0244. The number of carbonyl (C=O) groups is 1. The summed E-state index contributed by atoms with van der Waals surface area (Å²) in [5.41, 5.74) is 2.32. The maximum absolute atomic E-state index is 11.9. The van der Waals surface area contributed by atoms with Crippen LogP contribution >= 0.6 is 0 Å². The average molecular weight is 458 g/mol. The van der Waals surface area contributed by atoms with Gasteiger partial charge in [-0.05, 0) is 36.4 Å². The van der Waals surface area contributed by atoms with Crippen molar-refractivity contribution < 1.29 is 24.1 Å². The molecular weight excluding hydrogens is 436 g/mol. The number of ether oxygens (including phenoxy) is 3. The number of methoxy groups -OCH3 is 1. The predicted molar refractivity (Wildman–Crippen MR) is 125 cm³/mol. The minimum Gasteiger partial charge on any atom is -0.478 e. The summed E-state index contributed by atoms with van der Waals surface area (Å²) >= 11 is 0. The summed E-state index contributed by atoms with van der Waals surface area (Å²) in [5, 5.41) is 26.9. The third-order valence-electron chi connectivity index (χ3n) is 5.04. The fourth-order valence-electron chi connectivity index (χ4n) is 3.43. The number of aromatic nitrogens is 2. The molecule has 0 fully saturated rings. The first-order valence-electron chi connectivity index (χ1n) is 10.4. The van der Waals surface area contributed by atoms with Crippen LogP contribution in [-0.4, -0.2) is 41.0 Å². The van der Waals surface area contributed by atoms with Gasteiger partial charge >= 0.3 is 5.97 Å². The first kappa shape index (κ1) is 22.8. The third kappa shape index (κ3) is 4.99. The highest BCUT2D eigenvalue weighted by molar-refractivity contribution is 5.96. The molecule has 0 bridgehead atoms. The van der Waals surface area contributed by atoms with Crippen molar-refractivity contribution in [3.05, 3.63) is 83.7 Å². The second-order valence-corrected chi connectivity index (χ2v) is 7.27. The van der Waals surface area contributed by atoms with Gasteiger partial charge in [0, 0.05) is 24.6 Å². The molecule has 0 radical (unpaired) electrons. The zero-order valence-corrected chi connectivity index (χ0v) is 18.4. The Morgan fingerprint density at radius 1 is 1.12 bits per heavy atom. The number of nitrogens with one attached hydrogen (secondary N) is 1. The van der Waals surface area contributed by atoms with E-state index in [9.17, 15) is 15.2 Å². The summed E-state index contributed by atoms with van der Waals surface area (Å²) in [6, 6.07) is 18.8. The van der Waals surface area contributed by atoms with Crippen molar-refractivity contribution in [1.29, 1.82) is 5.26 Å². The predicted octanol–water partition coefficient (Wildman–Crippen LogP) is 4.60. The highest BCUT2D eigenvalue weighted by Crippen LogP contribution is 2.32. The number of anilines is 2. The summed E-state index contributed by atoms with van der Waals surface area (Å²) in [4.78, 5) is 11.9. The molecule has 9 heteroatoms. The second-order valence-electron chi connectivity index (χ2n) is 7.27. The molecule has 34 heavy (non-hydrogen) atoms. The third-order valence-corrected chi connectivity index (χ3v) is 5.04. The number of hydrogen-bond donors (Lipinski definition) is 2. The van der Waals surface area contributed by atoms with E-state index >= 15 is 0 Å². The number of nitriles is 1. The SMILES string of the molecule is COCCOCc1c(C(=O)O)cn2ncc(C#N)c(Nc3ccc(Oc4ccccc4)cc3)c12. The molecule has 0 amide bonds. The van der Waals surface area contributed by atoms with Crippen molar-refractivity contribution in [3.8, 4) is 17.6 Å². The monoisotopic (exact) mass is 458 g/mol. The van der Waals surface area contributed by atoms with Gasteiger partial charge in [-0.3, -0.25) is 0 Å². The molecule has 0 atom stereocenters. The zero-order valence-electron chi connectivity index (χ0n) is 18.4. The molecule has 0 aliphatic carbocycles. The van der Waals surface area contributed by atoms with Gasteiger partial charge in [0.05, 0.1) is 48.3 Å². The molecular formula is C25H22N4O5. The topological polar surface area (TPSA) is 118 Å². The van der Waals surface area contributed by atoms with Gasteiger partial charge in [0.25, 0.3) is 0 Å². The average Bonchev–Trinajstić information content (AvgIpc) is 3.23. The molecule has 0 saturated heterocycles. The number of benzene rings is 2. The Morgan fingerprint density at radius 3 is 2.53 bits per heavy atom. The van der Waals surface area contributed by atoms with Crippen LogP contribution < -0.4 is 10.1 Å². The molecule has 0 aliphatic heterocycles. The Bertz CT molecular complexity index is 1330. The van der Waals surface area contributed by atoms with Gasteiger partial charge in [-0.2, -0.15) is 10.4 Å². The maximum atomic E-state index is 11.9. The highest BCUT2D eigenvalue weighted by atomic mass is 16.5. The first-order chi connectivity index (χ1) is 16.6. The van der Waals surface area contributed by atoms with Crippen molar-refractivity contribution in [2.75, 3.05) is 25.6 Å². The van der Waals surface area contributed by atoms with Gasteiger partial charge in [0.2, 0.25) is 0 Å². The lowest BCUT2D eigenvalue weighted by atomic mass is 10.1. The van der Waals surface area contributed by atoms with E-state index in [-0.39, 0.29) is 17.7 Å². The molecule has 172 valence electrons. The number of para-hydroxylation sites is 1. The minimum atomic E-state index is -1.11. The van der Waals surface area contributed by atoms with Crippen LogP contribution in [-0.2, 0) is 16.1 Å². The number of hydrogen-bond acceptors (Lipinski definition) is 7. The summed E-state index contributed by atoms with van der Waals surface area (Å²) in [6.45, 7) is 0.693. The van der Waals surface area contributed by atoms with Crippen LogP contribution in [0.4, 0.5) is 11.4 Å². The van der Waals surface area contributed by atoms with Gasteiger partial charge in [-0.15, -0.1) is 0 Å². The van der Waals surface area contributed by atoms with Gasteiger partial charge in [-0.25, -0.2) is 9.31 Å². The lowest BCUT2D eigenvalue weighted by molar-refractivity contribution is 0.0595. The van der Waals surface area contributed by atoms with Crippen LogP contribution in [0.2, 0.25) is 0 Å². The first-order valence-corrected chi connectivity index (χ1v) is 10.4. The molecule has 0 spiro atoms. The van der Waals surface area contributed by atoms with E-state index in [1.807, 2.05) is 42.5 Å². The van der Waals surface area contributed by atoms with Crippen LogP contribution in [0.15, 0.2) is 67.0 Å². The van der Waals surface area contributed by atoms with Crippen LogP contribution in [0, 0.1) is 11.3 Å². The van der Waals surface area contributed by atoms with Gasteiger partial charge in [0.15, 0.2) is 0 Å². The molecule has 0 unspecified atom stereocenters. The van der Waals surface area contributed by atoms with E-state index in [1.165, 1.54) is 16.9 Å². The van der Waals surface area contributed by atoms with Crippen molar-refractivity contribution in [2.45, 2.75) is 6.61 Å². The summed E-state index contributed by atoms with van der Waals surface area (Å²) in [7, 11) is 1.56. The van der Waals surface area contributed by atoms with E-state index in [4.69, 9.17) is 14.2 Å².